The van der Waals surface area contributed by atoms with Crippen molar-refractivity contribution in [3.05, 3.63) is 77.4 Å². The molecule has 0 aromatic heterocycles. The van der Waals surface area contributed by atoms with Gasteiger partial charge >= 0.3 is 5.97 Å². The van der Waals surface area contributed by atoms with Crippen molar-refractivity contribution >= 4 is 16.1 Å². The van der Waals surface area contributed by atoms with Crippen LogP contribution in [0.1, 0.15) is 49.9 Å². The standard InChI is InChI=1S/C28H40NO6.C6H6O3S/c1-28(2,3)35-27(30)12-14-29(4)13-11-20-17-25(33-7)26(34-8)18-21(20)22(29)15-19-9-10-23(31-5)24(16-19)32-6;7-10(8,9)6-4-2-1-3-5-6/h9-10,16-18,22H,11-15H2,1-8H3;1-5H,(H,7,8,9)/q+1;/p-1/t22-,29+;/m1./s1. The molecule has 3 aromatic rings. The van der Waals surface area contributed by atoms with Crippen LogP contribution in [0.25, 0.3) is 0 Å². The van der Waals surface area contributed by atoms with Crippen molar-refractivity contribution in [2.45, 2.75) is 56.6 Å². The number of ether oxygens (including phenoxy) is 5. The van der Waals surface area contributed by atoms with E-state index in [1.54, 1.807) is 34.5 Å². The Morgan fingerprint density at radius 1 is 0.867 bits per heavy atom. The SMILES string of the molecule is COc1ccc(C[C@@H]2c3cc(OC)c(OC)cc3CC[N@@+]2(C)CCC(=O)OC(C)(C)C)cc1OC.O=S(=O)([O-])c1ccccc1. The molecule has 0 N–H and O–H groups in total. The highest BCUT2D eigenvalue weighted by molar-refractivity contribution is 7.85. The van der Waals surface area contributed by atoms with Gasteiger partial charge in [0.2, 0.25) is 0 Å². The maximum atomic E-state index is 12.6. The number of likely N-dealkylation sites (N-methyl/N-ethyl adjacent to an activating group) is 1. The Kier molecular flexibility index (Phi) is 11.9. The quantitative estimate of drug-likeness (QED) is 0.164. The topological polar surface area (TPSA) is 120 Å². The van der Waals surface area contributed by atoms with Crippen molar-refractivity contribution in [3.63, 3.8) is 0 Å². The van der Waals surface area contributed by atoms with Gasteiger partial charge in [0.25, 0.3) is 0 Å². The summed E-state index contributed by atoms with van der Waals surface area (Å²) in [5.74, 6) is 2.69. The third-order valence-corrected chi connectivity index (χ3v) is 8.65. The van der Waals surface area contributed by atoms with Crippen LogP contribution in [0.3, 0.4) is 0 Å². The highest BCUT2D eigenvalue weighted by atomic mass is 32.2. The van der Waals surface area contributed by atoms with Crippen LogP contribution < -0.4 is 18.9 Å². The average molecular weight is 644 g/mol. The summed E-state index contributed by atoms with van der Waals surface area (Å²) in [5, 5.41) is 0. The largest absolute Gasteiger partial charge is 0.744 e. The summed E-state index contributed by atoms with van der Waals surface area (Å²) in [6.07, 6.45) is 2.02. The third kappa shape index (κ3) is 9.59. The summed E-state index contributed by atoms with van der Waals surface area (Å²) in [6.45, 7) is 7.29. The molecule has 0 radical (unpaired) electrons. The number of esters is 1. The lowest BCUT2D eigenvalue weighted by Gasteiger charge is -2.46. The first kappa shape index (κ1) is 35.7. The predicted molar refractivity (Wildman–Crippen MR) is 170 cm³/mol. The molecule has 0 saturated carbocycles. The lowest BCUT2D eigenvalue weighted by molar-refractivity contribution is -0.940. The van der Waals surface area contributed by atoms with Gasteiger partial charge in [0, 0.05) is 18.4 Å². The van der Waals surface area contributed by atoms with Crippen molar-refractivity contribution in [3.8, 4) is 23.0 Å². The molecule has 10 nitrogen and oxygen atoms in total. The first-order chi connectivity index (χ1) is 21.1. The normalized spacial score (nSPS) is 17.7. The molecule has 0 saturated heterocycles. The molecule has 3 aromatic carbocycles. The zero-order chi connectivity index (χ0) is 33.4. The van der Waals surface area contributed by atoms with E-state index in [0.29, 0.717) is 30.2 Å². The molecule has 246 valence electrons. The summed E-state index contributed by atoms with van der Waals surface area (Å²) >= 11 is 0. The predicted octanol–water partition coefficient (Wildman–Crippen LogP) is 5.33. The fourth-order valence-electron chi connectivity index (χ4n) is 5.49. The van der Waals surface area contributed by atoms with Crippen molar-refractivity contribution in [1.29, 1.82) is 0 Å². The second kappa shape index (κ2) is 15.0. The molecule has 0 amide bonds. The number of methoxy groups -OCH3 is 4. The molecule has 0 aliphatic carbocycles. The summed E-state index contributed by atoms with van der Waals surface area (Å²) < 4.78 is 59.3. The van der Waals surface area contributed by atoms with Crippen LogP contribution in [0.4, 0.5) is 0 Å². The van der Waals surface area contributed by atoms with E-state index in [2.05, 4.69) is 25.2 Å². The molecule has 0 spiro atoms. The molecule has 1 aliphatic heterocycles. The van der Waals surface area contributed by atoms with Crippen LogP contribution in [-0.2, 0) is 32.5 Å². The molecule has 4 rings (SSSR count). The van der Waals surface area contributed by atoms with Crippen LogP contribution in [0.15, 0.2) is 65.6 Å². The molecule has 2 atom stereocenters. The molecule has 11 heteroatoms. The number of rotatable bonds is 10. The van der Waals surface area contributed by atoms with Crippen LogP contribution in [0.5, 0.6) is 23.0 Å². The van der Waals surface area contributed by atoms with Crippen molar-refractivity contribution < 1.29 is 45.9 Å². The van der Waals surface area contributed by atoms with E-state index < -0.39 is 15.7 Å². The second-order valence-corrected chi connectivity index (χ2v) is 13.5. The summed E-state index contributed by atoms with van der Waals surface area (Å²) in [5.41, 5.74) is 3.11. The Hall–Kier alpha value is -3.80. The van der Waals surface area contributed by atoms with Gasteiger partial charge in [-0.05, 0) is 68.3 Å². The van der Waals surface area contributed by atoms with E-state index >= 15 is 0 Å². The fraction of sp³-hybridized carbons (Fsp3) is 0.441. The number of nitrogens with zero attached hydrogens (tertiary/aromatic N) is 1. The number of carbonyl (C=O) groups is 1. The van der Waals surface area contributed by atoms with Crippen molar-refractivity contribution in [2.24, 2.45) is 0 Å². The Labute approximate surface area is 267 Å². The van der Waals surface area contributed by atoms with Crippen LogP contribution in [0.2, 0.25) is 0 Å². The molecule has 45 heavy (non-hydrogen) atoms. The number of fused-ring (bicyclic) bond motifs is 1. The van der Waals surface area contributed by atoms with Gasteiger partial charge in [0.15, 0.2) is 23.0 Å². The molecule has 0 fully saturated rings. The summed E-state index contributed by atoms with van der Waals surface area (Å²) in [6, 6.07) is 17.5. The van der Waals surface area contributed by atoms with Gasteiger partial charge in [-0.1, -0.05) is 24.3 Å². The first-order valence-electron chi connectivity index (χ1n) is 14.7. The van der Waals surface area contributed by atoms with Gasteiger partial charge in [-0.15, -0.1) is 0 Å². The Balaban J connectivity index is 0.000000468. The van der Waals surface area contributed by atoms with Crippen LogP contribution in [-0.4, -0.2) is 77.6 Å². The number of quaternary nitrogens is 1. The second-order valence-electron chi connectivity index (χ2n) is 12.1. The van der Waals surface area contributed by atoms with Gasteiger partial charge in [-0.25, -0.2) is 8.42 Å². The monoisotopic (exact) mass is 643 g/mol. The number of hydrogen-bond donors (Lipinski definition) is 0. The molecular formula is C34H45NO9S. The lowest BCUT2D eigenvalue weighted by Crippen LogP contribution is -2.53. The van der Waals surface area contributed by atoms with Crippen molar-refractivity contribution in [1.82, 2.24) is 0 Å². The minimum absolute atomic E-state index is 0.110. The zero-order valence-electron chi connectivity index (χ0n) is 27.4. The fourth-order valence-corrected chi connectivity index (χ4v) is 5.98. The smallest absolute Gasteiger partial charge is 0.312 e. The van der Waals surface area contributed by atoms with E-state index in [1.165, 1.54) is 35.4 Å². The van der Waals surface area contributed by atoms with E-state index in [4.69, 9.17) is 23.7 Å². The zero-order valence-corrected chi connectivity index (χ0v) is 28.2. The highest BCUT2D eigenvalue weighted by Gasteiger charge is 2.40. The minimum Gasteiger partial charge on any atom is -0.744 e. The number of benzene rings is 3. The van der Waals surface area contributed by atoms with E-state index in [9.17, 15) is 17.8 Å². The van der Waals surface area contributed by atoms with E-state index in [1.807, 2.05) is 32.9 Å². The molecule has 1 aliphatic rings. The Morgan fingerprint density at radius 3 is 1.98 bits per heavy atom. The lowest BCUT2D eigenvalue weighted by atomic mass is 9.86. The van der Waals surface area contributed by atoms with Crippen LogP contribution in [0, 0.1) is 0 Å². The van der Waals surface area contributed by atoms with Crippen molar-refractivity contribution in [2.75, 3.05) is 48.6 Å². The Morgan fingerprint density at radius 2 is 1.44 bits per heavy atom. The van der Waals surface area contributed by atoms with Gasteiger partial charge in [0.05, 0.1) is 59.9 Å². The molecule has 0 bridgehead atoms. The molecule has 1 heterocycles. The summed E-state index contributed by atoms with van der Waals surface area (Å²) in [4.78, 5) is 12.4. The Bertz CT molecular complexity index is 1550. The maximum absolute atomic E-state index is 12.6. The van der Waals surface area contributed by atoms with Crippen LogP contribution >= 0.6 is 0 Å². The van der Waals surface area contributed by atoms with Gasteiger partial charge in [-0.2, -0.15) is 0 Å². The highest BCUT2D eigenvalue weighted by Crippen LogP contribution is 2.43. The van der Waals surface area contributed by atoms with Gasteiger partial charge in [0.1, 0.15) is 21.8 Å². The first-order valence-corrected chi connectivity index (χ1v) is 16.1. The average Bonchev–Trinajstić information content (AvgIpc) is 3.00. The number of hydrogen-bond acceptors (Lipinski definition) is 9. The molecular weight excluding hydrogens is 598 g/mol. The van der Waals surface area contributed by atoms with Gasteiger partial charge in [-0.3, -0.25) is 4.79 Å². The summed E-state index contributed by atoms with van der Waals surface area (Å²) in [7, 11) is 4.59. The van der Waals surface area contributed by atoms with E-state index in [0.717, 1.165) is 35.2 Å². The van der Waals surface area contributed by atoms with E-state index in [-0.39, 0.29) is 16.9 Å². The maximum Gasteiger partial charge on any atom is 0.312 e. The van der Waals surface area contributed by atoms with Gasteiger partial charge < -0.3 is 32.7 Å². The number of carbonyl (C=O) groups excluding carboxylic acids is 1. The minimum atomic E-state index is -4.25. The molecule has 0 unspecified atom stereocenters. The third-order valence-electron chi connectivity index (χ3n) is 7.80.